The lowest BCUT2D eigenvalue weighted by molar-refractivity contribution is -0.123. The first kappa shape index (κ1) is 26.6. The van der Waals surface area contributed by atoms with Crippen molar-refractivity contribution in [3.8, 4) is 17.0 Å². The number of halogens is 2. The maximum Gasteiger partial charge on any atom is 0.254 e. The second-order valence-corrected chi connectivity index (χ2v) is 10.7. The largest absolute Gasteiger partial charge is 0.489 e. The van der Waals surface area contributed by atoms with Gasteiger partial charge in [0.25, 0.3) is 11.8 Å². The lowest BCUT2D eigenvalue weighted by atomic mass is 9.82. The molecule has 0 bridgehead atoms. The van der Waals surface area contributed by atoms with Crippen molar-refractivity contribution >= 4 is 29.3 Å². The molecule has 11 heteroatoms. The maximum atomic E-state index is 13.9. The highest BCUT2D eigenvalue weighted by atomic mass is 35.5. The average molecular weight is 553 g/mol. The van der Waals surface area contributed by atoms with E-state index in [1.165, 1.54) is 31.2 Å². The van der Waals surface area contributed by atoms with Gasteiger partial charge >= 0.3 is 0 Å². The van der Waals surface area contributed by atoms with Crippen molar-refractivity contribution < 1.29 is 28.6 Å². The number of nitrogens with zero attached hydrogens (tertiary/aromatic N) is 2. The van der Waals surface area contributed by atoms with E-state index in [0.717, 1.165) is 5.56 Å². The van der Waals surface area contributed by atoms with E-state index in [0.29, 0.717) is 28.8 Å². The Bertz CT molecular complexity index is 1560. The molecule has 5 rings (SSSR count). The van der Waals surface area contributed by atoms with Crippen LogP contribution < -0.4 is 15.8 Å². The Morgan fingerprint density at radius 1 is 1.28 bits per heavy atom. The van der Waals surface area contributed by atoms with Gasteiger partial charge in [0.05, 0.1) is 17.3 Å². The Kier molecular flexibility index (Phi) is 6.35. The summed E-state index contributed by atoms with van der Waals surface area (Å²) in [6, 6.07) is 10.4. The third-order valence-electron chi connectivity index (χ3n) is 7.31. The second kappa shape index (κ2) is 9.32. The highest BCUT2D eigenvalue weighted by Gasteiger charge is 2.45. The number of hydrogen-bond acceptors (Lipinski definition) is 6. The number of fused-ring (bicyclic) bond motifs is 2. The van der Waals surface area contributed by atoms with Gasteiger partial charge in [-0.2, -0.15) is 0 Å². The average Bonchev–Trinajstić information content (AvgIpc) is 3.40. The molecule has 0 fully saturated rings. The Hall–Kier alpha value is -4.02. The van der Waals surface area contributed by atoms with Gasteiger partial charge in [-0.15, -0.1) is 0 Å². The van der Waals surface area contributed by atoms with Crippen molar-refractivity contribution in [2.24, 2.45) is 5.73 Å². The fraction of sp³-hybridized carbons (Fsp3) is 0.286. The number of rotatable bonds is 6. The number of pyridine rings is 1. The van der Waals surface area contributed by atoms with Gasteiger partial charge in [0.1, 0.15) is 34.9 Å². The van der Waals surface area contributed by atoms with Crippen LogP contribution in [-0.4, -0.2) is 52.9 Å². The molecule has 4 N–H and O–H groups in total. The van der Waals surface area contributed by atoms with E-state index in [1.54, 1.807) is 37.1 Å². The van der Waals surface area contributed by atoms with Gasteiger partial charge in [0, 0.05) is 35.8 Å². The molecule has 3 heterocycles. The summed E-state index contributed by atoms with van der Waals surface area (Å²) < 4.78 is 19.7. The molecule has 2 aliphatic rings. The lowest BCUT2D eigenvalue weighted by Crippen LogP contribution is -2.41. The SMILES string of the molecule is CN1Cc2cc(C(=O)NC[C@](C)(O)c3cc4c(c(-c5ccc(F)c(Cl)c5)n3)OC[C@]4(C)C(N)=O)ccc2C1=O. The van der Waals surface area contributed by atoms with E-state index in [2.05, 4.69) is 10.3 Å². The number of ether oxygens (including phenoxy) is 1. The van der Waals surface area contributed by atoms with Crippen molar-refractivity contribution in [2.75, 3.05) is 20.2 Å². The minimum atomic E-state index is -1.70. The summed E-state index contributed by atoms with van der Waals surface area (Å²) in [5.41, 5.74) is 5.63. The van der Waals surface area contributed by atoms with Crippen LogP contribution in [-0.2, 0) is 22.4 Å². The van der Waals surface area contributed by atoms with E-state index < -0.39 is 28.6 Å². The molecule has 0 spiro atoms. The van der Waals surface area contributed by atoms with Crippen LogP contribution in [0.15, 0.2) is 42.5 Å². The van der Waals surface area contributed by atoms with Crippen LogP contribution in [0.5, 0.6) is 5.75 Å². The Morgan fingerprint density at radius 2 is 2.03 bits per heavy atom. The molecule has 0 radical (unpaired) electrons. The topological polar surface area (TPSA) is 135 Å². The predicted octanol–water partition coefficient (Wildman–Crippen LogP) is 2.90. The standard InChI is InChI=1S/C28H26ClFN4O5/c1-27(26(31)37)13-39-23-18(27)10-21(33-22(23)14-5-7-20(30)19(29)9-14)28(2,38)12-32-24(35)15-4-6-17-16(8-15)11-34(3)25(17)36/h4-10,38H,11-13H2,1-3H3,(H2,31,37)(H,32,35)/t27-,28-/m0/s1. The monoisotopic (exact) mass is 552 g/mol. The molecule has 2 aliphatic heterocycles. The van der Waals surface area contributed by atoms with Crippen molar-refractivity contribution in [3.63, 3.8) is 0 Å². The number of nitrogens with two attached hydrogens (primary N) is 1. The molecular formula is C28H26ClFN4O5. The molecule has 1 aromatic heterocycles. The number of carbonyl (C=O) groups excluding carboxylic acids is 3. The Morgan fingerprint density at radius 3 is 2.72 bits per heavy atom. The van der Waals surface area contributed by atoms with Crippen LogP contribution in [0.3, 0.4) is 0 Å². The first-order chi connectivity index (χ1) is 18.3. The van der Waals surface area contributed by atoms with Crippen LogP contribution in [0.2, 0.25) is 5.02 Å². The number of carbonyl (C=O) groups is 3. The molecule has 202 valence electrons. The smallest absolute Gasteiger partial charge is 0.254 e. The first-order valence-electron chi connectivity index (χ1n) is 12.1. The highest BCUT2D eigenvalue weighted by Crippen LogP contribution is 2.45. The summed E-state index contributed by atoms with van der Waals surface area (Å²) in [4.78, 5) is 43.6. The summed E-state index contributed by atoms with van der Waals surface area (Å²) >= 11 is 6.01. The van der Waals surface area contributed by atoms with Gasteiger partial charge < -0.3 is 25.8 Å². The van der Waals surface area contributed by atoms with Crippen molar-refractivity contribution in [3.05, 3.63) is 81.3 Å². The zero-order chi connectivity index (χ0) is 28.3. The molecule has 2 atom stereocenters. The molecular weight excluding hydrogens is 527 g/mol. The third kappa shape index (κ3) is 4.49. The Balaban J connectivity index is 1.48. The number of aromatic nitrogens is 1. The second-order valence-electron chi connectivity index (χ2n) is 10.3. The normalized spacial score (nSPS) is 19.2. The van der Waals surface area contributed by atoms with Gasteiger partial charge in [0.2, 0.25) is 5.91 Å². The fourth-order valence-electron chi connectivity index (χ4n) is 4.75. The number of hydrogen-bond donors (Lipinski definition) is 3. The summed E-state index contributed by atoms with van der Waals surface area (Å²) in [6.45, 7) is 3.23. The van der Waals surface area contributed by atoms with E-state index in [9.17, 15) is 23.9 Å². The van der Waals surface area contributed by atoms with Crippen LogP contribution >= 0.6 is 11.6 Å². The molecule has 3 aromatic rings. The van der Waals surface area contributed by atoms with Crippen LogP contribution in [0.25, 0.3) is 11.3 Å². The summed E-state index contributed by atoms with van der Waals surface area (Å²) in [7, 11) is 1.69. The number of benzene rings is 2. The predicted molar refractivity (Wildman–Crippen MR) is 141 cm³/mol. The molecule has 0 saturated carbocycles. The summed E-state index contributed by atoms with van der Waals surface area (Å²) in [6.07, 6.45) is 0. The maximum absolute atomic E-state index is 13.9. The van der Waals surface area contributed by atoms with Crippen molar-refractivity contribution in [2.45, 2.75) is 31.4 Å². The van der Waals surface area contributed by atoms with Crippen LogP contribution in [0, 0.1) is 5.82 Å². The minimum Gasteiger partial charge on any atom is -0.489 e. The van der Waals surface area contributed by atoms with Gasteiger partial charge in [-0.25, -0.2) is 9.37 Å². The summed E-state index contributed by atoms with van der Waals surface area (Å²) in [5.74, 6) is -1.52. The molecule has 9 nitrogen and oxygen atoms in total. The molecule has 3 amide bonds. The molecule has 0 aliphatic carbocycles. The molecule has 39 heavy (non-hydrogen) atoms. The van der Waals surface area contributed by atoms with Gasteiger partial charge in [-0.05, 0) is 61.9 Å². The summed E-state index contributed by atoms with van der Waals surface area (Å²) in [5, 5.41) is 14.0. The molecule has 0 unspecified atom stereocenters. The number of amides is 3. The zero-order valence-electron chi connectivity index (χ0n) is 21.5. The first-order valence-corrected chi connectivity index (χ1v) is 12.5. The number of primary amides is 1. The number of nitrogens with one attached hydrogen (secondary N) is 1. The van der Waals surface area contributed by atoms with Gasteiger partial charge in [0.15, 0.2) is 0 Å². The third-order valence-corrected chi connectivity index (χ3v) is 7.60. The number of aliphatic hydroxyl groups is 1. The van der Waals surface area contributed by atoms with Crippen LogP contribution in [0.1, 0.15) is 51.4 Å². The molecule has 0 saturated heterocycles. The quantitative estimate of drug-likeness (QED) is 0.430. The highest BCUT2D eigenvalue weighted by molar-refractivity contribution is 6.31. The fourth-order valence-corrected chi connectivity index (χ4v) is 4.94. The van der Waals surface area contributed by atoms with Crippen LogP contribution in [0.4, 0.5) is 4.39 Å². The van der Waals surface area contributed by atoms with E-state index in [-0.39, 0.29) is 41.2 Å². The van der Waals surface area contributed by atoms with E-state index in [4.69, 9.17) is 22.1 Å². The van der Waals surface area contributed by atoms with E-state index in [1.807, 2.05) is 0 Å². The molecule has 2 aromatic carbocycles. The van der Waals surface area contributed by atoms with Gasteiger partial charge in [-0.1, -0.05) is 11.6 Å². The minimum absolute atomic E-state index is 0.0420. The van der Waals surface area contributed by atoms with E-state index >= 15 is 0 Å². The zero-order valence-corrected chi connectivity index (χ0v) is 22.2. The van der Waals surface area contributed by atoms with Crippen molar-refractivity contribution in [1.82, 2.24) is 15.2 Å². The van der Waals surface area contributed by atoms with Crippen molar-refractivity contribution in [1.29, 1.82) is 0 Å². The lowest BCUT2D eigenvalue weighted by Gasteiger charge is -2.26. The Labute approximate surface area is 228 Å². The van der Waals surface area contributed by atoms with Gasteiger partial charge in [-0.3, -0.25) is 14.4 Å².